The van der Waals surface area contributed by atoms with Gasteiger partial charge in [-0.05, 0) is 81.6 Å². The molecule has 6 nitrogen and oxygen atoms in total. The smallest absolute Gasteiger partial charge is 0.276 e. The Balaban J connectivity index is 2.18. The fraction of sp³-hybridized carbons (Fsp3) is 0.0714. The molecule has 0 aliphatic rings. The lowest BCUT2D eigenvalue weighted by atomic mass is 10.2. The van der Waals surface area contributed by atoms with E-state index in [1.54, 1.807) is 24.3 Å². The van der Waals surface area contributed by atoms with Gasteiger partial charge in [-0.1, -0.05) is 0 Å². The molecule has 122 valence electrons. The molecule has 2 aromatic rings. The van der Waals surface area contributed by atoms with E-state index in [1.165, 1.54) is 25.5 Å². The highest BCUT2D eigenvalue weighted by Crippen LogP contribution is 2.25. The second-order valence-electron chi connectivity index (χ2n) is 4.35. The molecule has 2 N–H and O–H groups in total. The average Bonchev–Trinajstić information content (AvgIpc) is 2.52. The predicted molar refractivity (Wildman–Crippen MR) is 104 cm³/mol. The lowest BCUT2D eigenvalue weighted by Gasteiger charge is -2.05. The summed E-state index contributed by atoms with van der Waals surface area (Å²) < 4.78 is 30.8. The number of hydrogen-bond donors (Lipinski definition) is 2. The van der Waals surface area contributed by atoms with Gasteiger partial charge in [0, 0.05) is 9.13 Å². The molecule has 0 aliphatic carbocycles. The molecular formula is C14H12I2N2O4S. The number of aromatic hydroxyl groups is 1. The van der Waals surface area contributed by atoms with Crippen LogP contribution in [0.15, 0.2) is 46.4 Å². The zero-order valence-electron chi connectivity index (χ0n) is 11.8. The molecule has 0 saturated heterocycles. The van der Waals surface area contributed by atoms with Crippen LogP contribution in [-0.2, 0) is 10.0 Å². The summed E-state index contributed by atoms with van der Waals surface area (Å²) in [5.74, 6) is 0.615. The topological polar surface area (TPSA) is 88.0 Å². The molecule has 0 amide bonds. The molecule has 0 fully saturated rings. The van der Waals surface area contributed by atoms with Crippen LogP contribution in [0.25, 0.3) is 0 Å². The summed E-state index contributed by atoms with van der Waals surface area (Å²) in [6.07, 6.45) is 1.26. The fourth-order valence-electron chi connectivity index (χ4n) is 1.66. The highest BCUT2D eigenvalue weighted by Gasteiger charge is 2.12. The Morgan fingerprint density at radius 1 is 1.22 bits per heavy atom. The Morgan fingerprint density at radius 3 is 2.48 bits per heavy atom. The van der Waals surface area contributed by atoms with Gasteiger partial charge in [-0.15, -0.1) is 0 Å². The lowest BCUT2D eigenvalue weighted by Crippen LogP contribution is -2.18. The SMILES string of the molecule is COc1ccc(S(=O)(=O)N/N=C\c2cc(I)cc(I)c2O)cc1. The number of sulfonamides is 1. The number of hydrogen-bond acceptors (Lipinski definition) is 5. The van der Waals surface area contributed by atoms with Crippen molar-refractivity contribution in [2.75, 3.05) is 7.11 Å². The molecule has 23 heavy (non-hydrogen) atoms. The second-order valence-corrected chi connectivity index (χ2v) is 8.42. The molecule has 0 heterocycles. The zero-order valence-corrected chi connectivity index (χ0v) is 17.0. The van der Waals surface area contributed by atoms with E-state index in [0.29, 0.717) is 14.9 Å². The second kappa shape index (κ2) is 7.66. The average molecular weight is 558 g/mol. The van der Waals surface area contributed by atoms with Crippen LogP contribution in [0.3, 0.4) is 0 Å². The Labute approximate surface area is 161 Å². The molecule has 0 aliphatic heterocycles. The number of benzene rings is 2. The summed E-state index contributed by atoms with van der Waals surface area (Å²) in [6.45, 7) is 0. The molecule has 0 aromatic heterocycles. The summed E-state index contributed by atoms with van der Waals surface area (Å²) in [6, 6.07) is 9.43. The summed E-state index contributed by atoms with van der Waals surface area (Å²) in [5.41, 5.74) is 0.429. The maximum atomic E-state index is 12.1. The van der Waals surface area contributed by atoms with Crippen molar-refractivity contribution in [3.8, 4) is 11.5 Å². The molecule has 0 bridgehead atoms. The Hall–Kier alpha value is -1.08. The van der Waals surface area contributed by atoms with Gasteiger partial charge >= 0.3 is 0 Å². The minimum atomic E-state index is -3.78. The number of nitrogens with zero attached hydrogens (tertiary/aromatic N) is 1. The van der Waals surface area contributed by atoms with E-state index < -0.39 is 10.0 Å². The highest BCUT2D eigenvalue weighted by molar-refractivity contribution is 14.1. The van der Waals surface area contributed by atoms with Gasteiger partial charge < -0.3 is 9.84 Å². The quantitative estimate of drug-likeness (QED) is 0.336. The van der Waals surface area contributed by atoms with E-state index >= 15 is 0 Å². The Morgan fingerprint density at radius 2 is 1.87 bits per heavy atom. The molecule has 2 aromatic carbocycles. The van der Waals surface area contributed by atoms with Crippen LogP contribution in [0.2, 0.25) is 0 Å². The van der Waals surface area contributed by atoms with Gasteiger partial charge in [-0.25, -0.2) is 4.83 Å². The van der Waals surface area contributed by atoms with Gasteiger partial charge in [0.25, 0.3) is 10.0 Å². The van der Waals surface area contributed by atoms with Gasteiger partial charge in [-0.2, -0.15) is 13.5 Å². The van der Waals surface area contributed by atoms with E-state index in [2.05, 4.69) is 32.5 Å². The Bertz CT molecular complexity index is 837. The Kier molecular flexibility index (Phi) is 6.08. The van der Waals surface area contributed by atoms with E-state index in [9.17, 15) is 13.5 Å². The molecule has 0 saturated carbocycles. The number of rotatable bonds is 5. The molecule has 9 heteroatoms. The monoisotopic (exact) mass is 558 g/mol. The van der Waals surface area contributed by atoms with Crippen molar-refractivity contribution in [2.45, 2.75) is 4.90 Å². The summed E-state index contributed by atoms with van der Waals surface area (Å²) in [7, 11) is -2.28. The molecule has 2 rings (SSSR count). The van der Waals surface area contributed by atoms with Crippen LogP contribution in [-0.4, -0.2) is 26.8 Å². The number of nitrogens with one attached hydrogen (secondary N) is 1. The lowest BCUT2D eigenvalue weighted by molar-refractivity contribution is 0.414. The van der Waals surface area contributed by atoms with Crippen molar-refractivity contribution in [2.24, 2.45) is 5.10 Å². The van der Waals surface area contributed by atoms with E-state index in [0.717, 1.165) is 3.57 Å². The van der Waals surface area contributed by atoms with Gasteiger partial charge in [0.05, 0.1) is 21.8 Å². The first-order valence-electron chi connectivity index (χ1n) is 6.20. The van der Waals surface area contributed by atoms with Crippen LogP contribution in [0.5, 0.6) is 11.5 Å². The van der Waals surface area contributed by atoms with Crippen molar-refractivity contribution >= 4 is 61.4 Å². The van der Waals surface area contributed by atoms with E-state index in [4.69, 9.17) is 4.74 Å². The fourth-order valence-corrected chi connectivity index (χ4v) is 4.34. The number of ether oxygens (including phenoxy) is 1. The first-order valence-corrected chi connectivity index (χ1v) is 9.84. The third-order valence-corrected chi connectivity index (χ3v) is 5.49. The number of phenols is 1. The number of halogens is 2. The minimum Gasteiger partial charge on any atom is -0.506 e. The summed E-state index contributed by atoms with van der Waals surface area (Å²) in [5, 5.41) is 13.6. The van der Waals surface area contributed by atoms with Crippen molar-refractivity contribution in [1.29, 1.82) is 0 Å². The highest BCUT2D eigenvalue weighted by atomic mass is 127. The first-order chi connectivity index (χ1) is 10.8. The van der Waals surface area contributed by atoms with Crippen LogP contribution in [0.1, 0.15) is 5.56 Å². The maximum absolute atomic E-state index is 12.1. The standard InChI is InChI=1S/C14H12I2N2O4S/c1-22-11-2-4-12(5-3-11)23(20,21)18-17-8-9-6-10(15)7-13(16)14(9)19/h2-8,18-19H,1H3/b17-8-. The normalized spacial score (nSPS) is 11.6. The largest absolute Gasteiger partial charge is 0.506 e. The number of hydrazone groups is 1. The molecular weight excluding hydrogens is 546 g/mol. The third-order valence-electron chi connectivity index (χ3n) is 2.80. The van der Waals surface area contributed by atoms with Gasteiger partial charge in [-0.3, -0.25) is 0 Å². The van der Waals surface area contributed by atoms with Crippen LogP contribution in [0.4, 0.5) is 0 Å². The third kappa shape index (κ3) is 4.70. The minimum absolute atomic E-state index is 0.0541. The first kappa shape index (κ1) is 18.3. The summed E-state index contributed by atoms with van der Waals surface area (Å²) in [4.78, 5) is 2.18. The number of methoxy groups -OCH3 is 1. The van der Waals surface area contributed by atoms with E-state index in [1.807, 2.05) is 22.6 Å². The predicted octanol–water partition coefficient (Wildman–Crippen LogP) is 2.92. The molecule has 0 unspecified atom stereocenters. The maximum Gasteiger partial charge on any atom is 0.276 e. The van der Waals surface area contributed by atoms with E-state index in [-0.39, 0.29) is 10.6 Å². The summed E-state index contributed by atoms with van der Waals surface area (Å²) >= 11 is 4.10. The number of phenolic OH excluding ortho intramolecular Hbond substituents is 1. The zero-order chi connectivity index (χ0) is 17.0. The van der Waals surface area contributed by atoms with Crippen LogP contribution < -0.4 is 9.57 Å². The van der Waals surface area contributed by atoms with Crippen molar-refractivity contribution in [1.82, 2.24) is 4.83 Å². The van der Waals surface area contributed by atoms with Gasteiger partial charge in [0.15, 0.2) is 0 Å². The van der Waals surface area contributed by atoms with Gasteiger partial charge in [0.1, 0.15) is 11.5 Å². The van der Waals surface area contributed by atoms with Crippen molar-refractivity contribution in [3.63, 3.8) is 0 Å². The van der Waals surface area contributed by atoms with Crippen molar-refractivity contribution in [3.05, 3.63) is 49.1 Å². The molecule has 0 atom stereocenters. The van der Waals surface area contributed by atoms with Crippen LogP contribution >= 0.6 is 45.2 Å². The van der Waals surface area contributed by atoms with Crippen LogP contribution in [0, 0.1) is 7.14 Å². The van der Waals surface area contributed by atoms with Gasteiger partial charge in [0.2, 0.25) is 0 Å². The molecule has 0 spiro atoms. The van der Waals surface area contributed by atoms with Crippen molar-refractivity contribution < 1.29 is 18.3 Å². The molecule has 0 radical (unpaired) electrons.